The van der Waals surface area contributed by atoms with Crippen molar-refractivity contribution in [2.45, 2.75) is 27.7 Å². The molecule has 0 fully saturated rings. The van der Waals surface area contributed by atoms with Crippen LogP contribution >= 0.6 is 7.67 Å². The Kier molecular flexibility index (Phi) is 5.83. The number of hydrogen-bond donors (Lipinski definition) is 1. The molecular formula is C36H31N2O2P. The molecule has 41 heavy (non-hydrogen) atoms. The van der Waals surface area contributed by atoms with Crippen LogP contribution in [0.4, 0.5) is 22.7 Å². The molecule has 0 saturated heterocycles. The second-order valence-corrected chi connectivity index (χ2v) is 13.0. The van der Waals surface area contributed by atoms with E-state index in [1.54, 1.807) is 9.34 Å². The van der Waals surface area contributed by atoms with E-state index in [4.69, 9.17) is 0 Å². The molecule has 6 aromatic rings. The molecule has 7 rings (SSSR count). The Balaban J connectivity index is 1.72. The van der Waals surface area contributed by atoms with Crippen molar-refractivity contribution in [3.05, 3.63) is 131 Å². The smallest absolute Gasteiger partial charge is 0.313 e. The molecule has 1 aliphatic rings. The van der Waals surface area contributed by atoms with Crippen LogP contribution in [0.1, 0.15) is 22.3 Å². The largest absolute Gasteiger partial charge is 0.403 e. The van der Waals surface area contributed by atoms with Crippen LogP contribution in [0.3, 0.4) is 0 Å². The van der Waals surface area contributed by atoms with E-state index >= 15 is 4.57 Å². The molecule has 202 valence electrons. The average molecular weight is 555 g/mol. The van der Waals surface area contributed by atoms with Crippen LogP contribution in [-0.2, 0) is 4.57 Å². The van der Waals surface area contributed by atoms with Gasteiger partial charge < -0.3 is 4.89 Å². The van der Waals surface area contributed by atoms with Crippen molar-refractivity contribution in [2.24, 2.45) is 0 Å². The number of rotatable bonds is 2. The summed E-state index contributed by atoms with van der Waals surface area (Å²) >= 11 is 0. The molecule has 0 spiro atoms. The molecule has 1 N–H and O–H groups in total. The van der Waals surface area contributed by atoms with Gasteiger partial charge in [-0.1, -0.05) is 72.8 Å². The molecule has 0 radical (unpaired) electrons. The maximum atomic E-state index is 15.4. The van der Waals surface area contributed by atoms with Crippen LogP contribution < -0.4 is 9.34 Å². The van der Waals surface area contributed by atoms with Crippen molar-refractivity contribution in [1.82, 2.24) is 0 Å². The zero-order valence-electron chi connectivity index (χ0n) is 23.6. The second-order valence-electron chi connectivity index (χ2n) is 11.2. The minimum Gasteiger partial charge on any atom is -0.313 e. The zero-order valence-corrected chi connectivity index (χ0v) is 24.5. The summed E-state index contributed by atoms with van der Waals surface area (Å²) in [5.74, 6) is 0. The molecule has 0 saturated carbocycles. The van der Waals surface area contributed by atoms with Crippen molar-refractivity contribution in [3.8, 4) is 11.1 Å². The van der Waals surface area contributed by atoms with Crippen LogP contribution in [0.5, 0.6) is 0 Å². The van der Waals surface area contributed by atoms with Crippen LogP contribution in [0.2, 0.25) is 0 Å². The van der Waals surface area contributed by atoms with E-state index in [2.05, 4.69) is 48.5 Å². The van der Waals surface area contributed by atoms with Gasteiger partial charge in [-0.15, -0.1) is 0 Å². The van der Waals surface area contributed by atoms with E-state index in [0.717, 1.165) is 54.9 Å². The molecule has 0 atom stereocenters. The molecule has 0 aromatic heterocycles. The lowest BCUT2D eigenvalue weighted by Crippen LogP contribution is -2.25. The summed E-state index contributed by atoms with van der Waals surface area (Å²) in [6.07, 6.45) is 0. The minimum atomic E-state index is -4.33. The molecule has 4 nitrogen and oxygen atoms in total. The Labute approximate surface area is 240 Å². The fourth-order valence-electron chi connectivity index (χ4n) is 6.49. The van der Waals surface area contributed by atoms with Crippen molar-refractivity contribution >= 4 is 52.0 Å². The molecule has 5 heteroatoms. The van der Waals surface area contributed by atoms with Gasteiger partial charge in [0, 0.05) is 11.1 Å². The van der Waals surface area contributed by atoms with Crippen LogP contribution in [-0.4, -0.2) is 4.89 Å². The molecule has 0 bridgehead atoms. The highest BCUT2D eigenvalue weighted by atomic mass is 31.2. The van der Waals surface area contributed by atoms with Gasteiger partial charge in [-0.3, -0.25) is 9.34 Å². The maximum Gasteiger partial charge on any atom is 0.403 e. The van der Waals surface area contributed by atoms with Crippen molar-refractivity contribution in [2.75, 3.05) is 9.34 Å². The van der Waals surface area contributed by atoms with Crippen LogP contribution in [0, 0.1) is 27.7 Å². The molecular weight excluding hydrogens is 523 g/mol. The van der Waals surface area contributed by atoms with Gasteiger partial charge in [-0.25, -0.2) is 4.57 Å². The van der Waals surface area contributed by atoms with Gasteiger partial charge in [0.1, 0.15) is 0 Å². The fourth-order valence-corrected chi connectivity index (χ4v) is 8.40. The molecule has 1 aliphatic heterocycles. The molecule has 1 heterocycles. The topological polar surface area (TPSA) is 43.8 Å². The van der Waals surface area contributed by atoms with Gasteiger partial charge in [-0.2, -0.15) is 0 Å². The van der Waals surface area contributed by atoms with Crippen molar-refractivity contribution in [3.63, 3.8) is 0 Å². The van der Waals surface area contributed by atoms with E-state index in [9.17, 15) is 4.89 Å². The SMILES string of the molecule is Cc1cc(C)cc(N2c3ccc4ccccc4c3-c3c(ccc4ccccc34)N(c3cc(C)cc(C)c3)P2(=O)O)c1. The number of benzene rings is 6. The van der Waals surface area contributed by atoms with Gasteiger partial charge in [0.2, 0.25) is 0 Å². The van der Waals surface area contributed by atoms with Crippen molar-refractivity contribution in [1.29, 1.82) is 0 Å². The minimum absolute atomic E-state index is 0.691. The Morgan fingerprint density at radius 3 is 1.27 bits per heavy atom. The second kappa shape index (κ2) is 9.34. The third kappa shape index (κ3) is 4.06. The molecule has 0 unspecified atom stereocenters. The van der Waals surface area contributed by atoms with Crippen molar-refractivity contribution < 1.29 is 9.46 Å². The number of nitrogens with zero attached hydrogens (tertiary/aromatic N) is 2. The normalized spacial score (nSPS) is 14.2. The summed E-state index contributed by atoms with van der Waals surface area (Å²) in [4.78, 5) is 12.6. The van der Waals surface area contributed by atoms with E-state index in [1.165, 1.54) is 0 Å². The average Bonchev–Trinajstić information content (AvgIpc) is 3.01. The lowest BCUT2D eigenvalue weighted by molar-refractivity contribution is 0.478. The van der Waals surface area contributed by atoms with Crippen LogP contribution in [0.15, 0.2) is 109 Å². The summed E-state index contributed by atoms with van der Waals surface area (Å²) in [7, 11) is -4.33. The van der Waals surface area contributed by atoms with Gasteiger partial charge in [0.25, 0.3) is 0 Å². The van der Waals surface area contributed by atoms with E-state index in [0.29, 0.717) is 22.7 Å². The fraction of sp³-hybridized carbons (Fsp3) is 0.111. The van der Waals surface area contributed by atoms with E-state index in [1.807, 2.05) is 88.4 Å². The summed E-state index contributed by atoms with van der Waals surface area (Å²) in [6.45, 7) is 8.12. The van der Waals surface area contributed by atoms with Gasteiger partial charge in [-0.05, 0) is 108 Å². The van der Waals surface area contributed by atoms with E-state index in [-0.39, 0.29) is 0 Å². The first-order valence-corrected chi connectivity index (χ1v) is 15.4. The molecule has 0 aliphatic carbocycles. The number of anilines is 4. The zero-order chi connectivity index (χ0) is 28.5. The van der Waals surface area contributed by atoms with Gasteiger partial charge in [0.15, 0.2) is 0 Å². The lowest BCUT2D eigenvalue weighted by Gasteiger charge is -2.36. The summed E-state index contributed by atoms with van der Waals surface area (Å²) in [5, 5.41) is 4.25. The summed E-state index contributed by atoms with van der Waals surface area (Å²) < 4.78 is 18.7. The monoisotopic (exact) mass is 554 g/mol. The quantitative estimate of drug-likeness (QED) is 0.216. The summed E-state index contributed by atoms with van der Waals surface area (Å²) in [5.41, 5.74) is 8.85. The molecule has 0 amide bonds. The molecule has 6 aromatic carbocycles. The third-order valence-electron chi connectivity index (χ3n) is 7.94. The predicted molar refractivity (Wildman–Crippen MR) is 173 cm³/mol. The summed E-state index contributed by atoms with van der Waals surface area (Å²) in [6, 6.07) is 36.9. The predicted octanol–water partition coefficient (Wildman–Crippen LogP) is 10.3. The Hall–Kier alpha value is -4.37. The lowest BCUT2D eigenvalue weighted by atomic mass is 9.90. The first-order valence-electron chi connectivity index (χ1n) is 13.9. The Bertz CT molecular complexity index is 1880. The highest BCUT2D eigenvalue weighted by molar-refractivity contribution is 7.62. The van der Waals surface area contributed by atoms with Crippen LogP contribution in [0.25, 0.3) is 32.7 Å². The highest BCUT2D eigenvalue weighted by Crippen LogP contribution is 2.67. The first-order chi connectivity index (χ1) is 19.7. The first kappa shape index (κ1) is 25.6. The van der Waals surface area contributed by atoms with Gasteiger partial charge >= 0.3 is 7.67 Å². The number of hydrogen-bond acceptors (Lipinski definition) is 1. The Morgan fingerprint density at radius 2 is 0.878 bits per heavy atom. The number of fused-ring (bicyclic) bond motifs is 7. The van der Waals surface area contributed by atoms with E-state index < -0.39 is 7.67 Å². The number of aryl methyl sites for hydroxylation is 4. The third-order valence-corrected chi connectivity index (χ3v) is 9.88. The van der Waals surface area contributed by atoms with Gasteiger partial charge in [0.05, 0.1) is 22.7 Å². The maximum absolute atomic E-state index is 15.4. The Morgan fingerprint density at radius 1 is 0.512 bits per heavy atom. The standard InChI is InChI=1S/C36H31N2O2P/c1-23-17-24(2)20-29(19-23)37-33-15-13-27-9-5-7-11-31(27)35(33)36-32-12-8-6-10-28(32)14-16-34(36)38(41(37,39)40)30-21-25(3)18-26(4)22-30/h5-22H,1-4H3,(H,39,40). The highest BCUT2D eigenvalue weighted by Gasteiger charge is 2.44.